The molecule has 2 amide bonds. The molecule has 0 radical (unpaired) electrons. The molecule has 0 spiro atoms. The molecule has 2 aromatic rings. The molecule has 3 N–H and O–H groups in total. The summed E-state index contributed by atoms with van der Waals surface area (Å²) in [6, 6.07) is 16.2. The number of rotatable bonds is 13. The summed E-state index contributed by atoms with van der Waals surface area (Å²) in [4.78, 5) is 34.8. The van der Waals surface area contributed by atoms with Gasteiger partial charge in [-0.05, 0) is 22.3 Å². The van der Waals surface area contributed by atoms with Crippen molar-refractivity contribution < 1.29 is 33.7 Å². The Morgan fingerprint density at radius 3 is 2.24 bits per heavy atom. The average Bonchev–Trinajstić information content (AvgIpc) is 3.16. The van der Waals surface area contributed by atoms with E-state index in [2.05, 4.69) is 34.9 Å². The van der Waals surface area contributed by atoms with Crippen LogP contribution in [0.4, 0.5) is 4.79 Å². The predicted octanol–water partition coefficient (Wildman–Crippen LogP) is 2.54. The summed E-state index contributed by atoms with van der Waals surface area (Å²) in [7, 11) is 1.46. The Labute approximate surface area is 198 Å². The van der Waals surface area contributed by atoms with Crippen molar-refractivity contribution in [2.75, 3.05) is 40.0 Å². The molecule has 1 aliphatic rings. The van der Waals surface area contributed by atoms with Crippen molar-refractivity contribution in [2.45, 2.75) is 24.9 Å². The molecule has 2 aromatic carbocycles. The number of alkyl carbamates (subject to hydrolysis) is 1. The molecular weight excluding hydrogens is 440 g/mol. The Bertz CT molecular complexity index is 949. The van der Waals surface area contributed by atoms with Gasteiger partial charge >= 0.3 is 12.1 Å². The van der Waals surface area contributed by atoms with Crippen molar-refractivity contribution in [1.29, 1.82) is 0 Å². The van der Waals surface area contributed by atoms with Crippen LogP contribution in [0.3, 0.4) is 0 Å². The van der Waals surface area contributed by atoms with Crippen LogP contribution in [0.2, 0.25) is 0 Å². The molecule has 1 aliphatic carbocycles. The van der Waals surface area contributed by atoms with Crippen molar-refractivity contribution in [2.24, 2.45) is 0 Å². The fourth-order valence-electron chi connectivity index (χ4n) is 3.89. The first-order chi connectivity index (χ1) is 16.5. The summed E-state index contributed by atoms with van der Waals surface area (Å²) in [5.74, 6) is -1.22. The number of carbonyl (C=O) groups is 3. The quantitative estimate of drug-likeness (QED) is 0.385. The molecule has 0 aliphatic heterocycles. The Hall–Kier alpha value is -3.43. The molecular formula is C25H30N2O7. The van der Waals surface area contributed by atoms with Crippen molar-refractivity contribution in [3.63, 3.8) is 0 Å². The third kappa shape index (κ3) is 7.03. The van der Waals surface area contributed by atoms with Gasteiger partial charge in [0.1, 0.15) is 6.61 Å². The SMILES string of the molecule is COC(CNC(=O)OCC1c2ccccc2-c2ccccc21)CC(=O)NCCOCCC(=O)O. The average molecular weight is 471 g/mol. The van der Waals surface area contributed by atoms with Crippen LogP contribution in [0.15, 0.2) is 48.5 Å². The number of carboxylic acid groups (broad SMARTS) is 1. The van der Waals surface area contributed by atoms with Crippen molar-refractivity contribution in [1.82, 2.24) is 10.6 Å². The van der Waals surface area contributed by atoms with Crippen molar-refractivity contribution >= 4 is 18.0 Å². The van der Waals surface area contributed by atoms with E-state index in [-0.39, 0.29) is 57.6 Å². The summed E-state index contributed by atoms with van der Waals surface area (Å²) in [5.41, 5.74) is 4.58. The zero-order chi connectivity index (χ0) is 24.3. The lowest BCUT2D eigenvalue weighted by Gasteiger charge is -2.17. The lowest BCUT2D eigenvalue weighted by molar-refractivity contribution is -0.138. The Balaban J connectivity index is 1.39. The Morgan fingerprint density at radius 1 is 0.971 bits per heavy atom. The summed E-state index contributed by atoms with van der Waals surface area (Å²) in [6.45, 7) is 0.898. The van der Waals surface area contributed by atoms with Gasteiger partial charge in [-0.3, -0.25) is 9.59 Å². The molecule has 3 rings (SSSR count). The van der Waals surface area contributed by atoms with Gasteiger partial charge in [-0.1, -0.05) is 48.5 Å². The van der Waals surface area contributed by atoms with E-state index in [0.29, 0.717) is 0 Å². The molecule has 9 heteroatoms. The van der Waals surface area contributed by atoms with Gasteiger partial charge in [0, 0.05) is 26.1 Å². The second-order valence-electron chi connectivity index (χ2n) is 7.87. The first kappa shape index (κ1) is 25.2. The number of carboxylic acids is 1. The molecule has 0 bridgehead atoms. The minimum absolute atomic E-state index is 0.0279. The maximum Gasteiger partial charge on any atom is 0.407 e. The smallest absolute Gasteiger partial charge is 0.407 e. The fraction of sp³-hybridized carbons (Fsp3) is 0.400. The molecule has 34 heavy (non-hydrogen) atoms. The number of amides is 2. The standard InChI is InChI=1S/C25H30N2O7/c1-32-17(14-23(28)26-11-13-33-12-10-24(29)30)15-27-25(31)34-16-22-20-8-4-2-6-18(20)19-7-3-5-9-21(19)22/h2-9,17,22H,10-16H2,1H3,(H,26,28)(H,27,31)(H,29,30). The molecule has 0 saturated heterocycles. The number of ether oxygens (including phenoxy) is 3. The van der Waals surface area contributed by atoms with E-state index >= 15 is 0 Å². The highest BCUT2D eigenvalue weighted by Crippen LogP contribution is 2.44. The Kier molecular flexibility index (Phi) is 9.42. The van der Waals surface area contributed by atoms with Gasteiger partial charge in [-0.25, -0.2) is 4.79 Å². The van der Waals surface area contributed by atoms with E-state index in [0.717, 1.165) is 22.3 Å². The minimum atomic E-state index is -0.934. The predicted molar refractivity (Wildman–Crippen MR) is 125 cm³/mol. The normalized spacial score (nSPS) is 13.0. The van der Waals surface area contributed by atoms with Gasteiger partial charge in [-0.2, -0.15) is 0 Å². The van der Waals surface area contributed by atoms with E-state index in [1.165, 1.54) is 7.11 Å². The number of benzene rings is 2. The largest absolute Gasteiger partial charge is 0.481 e. The van der Waals surface area contributed by atoms with Crippen LogP contribution >= 0.6 is 0 Å². The Morgan fingerprint density at radius 2 is 1.62 bits per heavy atom. The van der Waals surface area contributed by atoms with Gasteiger partial charge < -0.3 is 30.0 Å². The van der Waals surface area contributed by atoms with Crippen LogP contribution in [0.1, 0.15) is 29.9 Å². The van der Waals surface area contributed by atoms with Gasteiger partial charge in [0.2, 0.25) is 5.91 Å². The molecule has 9 nitrogen and oxygen atoms in total. The lowest BCUT2D eigenvalue weighted by atomic mass is 9.98. The third-order valence-electron chi connectivity index (χ3n) is 5.59. The van der Waals surface area contributed by atoms with Gasteiger partial charge in [0.05, 0.1) is 32.2 Å². The maximum atomic E-state index is 12.3. The van der Waals surface area contributed by atoms with Crippen LogP contribution in [0.25, 0.3) is 11.1 Å². The molecule has 1 unspecified atom stereocenters. The van der Waals surface area contributed by atoms with Gasteiger partial charge in [0.15, 0.2) is 0 Å². The van der Waals surface area contributed by atoms with E-state index in [4.69, 9.17) is 19.3 Å². The van der Waals surface area contributed by atoms with Crippen LogP contribution in [-0.4, -0.2) is 69.2 Å². The van der Waals surface area contributed by atoms with Crippen molar-refractivity contribution in [3.8, 4) is 11.1 Å². The maximum absolute atomic E-state index is 12.3. The molecule has 182 valence electrons. The number of methoxy groups -OCH3 is 1. The third-order valence-corrected chi connectivity index (χ3v) is 5.59. The first-order valence-corrected chi connectivity index (χ1v) is 11.2. The molecule has 0 aromatic heterocycles. The first-order valence-electron chi connectivity index (χ1n) is 11.2. The van der Waals surface area contributed by atoms with Crippen LogP contribution < -0.4 is 10.6 Å². The molecule has 1 atom stereocenters. The van der Waals surface area contributed by atoms with E-state index in [1.54, 1.807) is 0 Å². The number of hydrogen-bond acceptors (Lipinski definition) is 6. The van der Waals surface area contributed by atoms with Crippen LogP contribution in [0.5, 0.6) is 0 Å². The molecule has 0 fully saturated rings. The second kappa shape index (κ2) is 12.7. The second-order valence-corrected chi connectivity index (χ2v) is 7.87. The number of hydrogen-bond donors (Lipinski definition) is 3. The summed E-state index contributed by atoms with van der Waals surface area (Å²) in [5, 5.41) is 13.9. The van der Waals surface area contributed by atoms with Gasteiger partial charge in [-0.15, -0.1) is 0 Å². The number of nitrogens with one attached hydrogen (secondary N) is 2. The molecule has 0 saturated carbocycles. The fourth-order valence-corrected chi connectivity index (χ4v) is 3.89. The monoisotopic (exact) mass is 470 g/mol. The van der Waals surface area contributed by atoms with Crippen LogP contribution in [0, 0.1) is 0 Å². The highest BCUT2D eigenvalue weighted by molar-refractivity contribution is 5.79. The summed E-state index contributed by atoms with van der Waals surface area (Å²) < 4.78 is 15.9. The highest BCUT2D eigenvalue weighted by Gasteiger charge is 2.29. The van der Waals surface area contributed by atoms with Crippen molar-refractivity contribution in [3.05, 3.63) is 59.7 Å². The zero-order valence-electron chi connectivity index (χ0n) is 19.1. The van der Waals surface area contributed by atoms with E-state index in [9.17, 15) is 14.4 Å². The number of fused-ring (bicyclic) bond motifs is 3. The van der Waals surface area contributed by atoms with E-state index < -0.39 is 18.2 Å². The topological polar surface area (TPSA) is 123 Å². The van der Waals surface area contributed by atoms with E-state index in [1.807, 2.05) is 24.3 Å². The van der Waals surface area contributed by atoms with Gasteiger partial charge in [0.25, 0.3) is 0 Å². The summed E-state index contributed by atoms with van der Waals surface area (Å²) >= 11 is 0. The lowest BCUT2D eigenvalue weighted by Crippen LogP contribution is -2.38. The number of carbonyl (C=O) groups excluding carboxylic acids is 2. The zero-order valence-corrected chi connectivity index (χ0v) is 19.1. The van der Waals surface area contributed by atoms with Crippen LogP contribution in [-0.2, 0) is 23.8 Å². The number of aliphatic carboxylic acids is 1. The minimum Gasteiger partial charge on any atom is -0.481 e. The highest BCUT2D eigenvalue weighted by atomic mass is 16.5. The molecule has 0 heterocycles. The summed E-state index contributed by atoms with van der Waals surface area (Å²) in [6.07, 6.45) is -1.12.